The molecule has 0 aliphatic carbocycles. The SMILES string of the molecule is C=CC1=NC2C(=C)[n+]3ccccc3-c3c(ncc4c3oc3ccccc34)CCC2c2ccccc21. The number of fused-ring (bicyclic) bond motifs is 10. The summed E-state index contributed by atoms with van der Waals surface area (Å²) in [5, 5.41) is 2.12. The van der Waals surface area contributed by atoms with Gasteiger partial charge in [-0.3, -0.25) is 9.98 Å². The van der Waals surface area contributed by atoms with Crippen molar-refractivity contribution in [2.45, 2.75) is 24.8 Å². The minimum Gasteiger partial charge on any atom is -0.455 e. The van der Waals surface area contributed by atoms with E-state index < -0.39 is 0 Å². The molecule has 5 aromatic rings. The van der Waals surface area contributed by atoms with E-state index in [0.717, 1.165) is 68.7 Å². The van der Waals surface area contributed by atoms with Crippen LogP contribution in [0.15, 0.2) is 108 Å². The van der Waals surface area contributed by atoms with Gasteiger partial charge in [0.15, 0.2) is 11.8 Å². The molecule has 7 rings (SSSR count). The summed E-state index contributed by atoms with van der Waals surface area (Å²) in [5.74, 6) is 0.196. The summed E-state index contributed by atoms with van der Waals surface area (Å²) in [4.78, 5) is 10.2. The number of para-hydroxylation sites is 1. The Morgan fingerprint density at radius 3 is 2.71 bits per heavy atom. The lowest BCUT2D eigenvalue weighted by Gasteiger charge is -2.30. The van der Waals surface area contributed by atoms with Gasteiger partial charge in [-0.25, -0.2) is 0 Å². The average Bonchev–Trinajstić information content (AvgIpc) is 3.30. The number of aryl methyl sites for hydroxylation is 1. The van der Waals surface area contributed by atoms with Crippen molar-refractivity contribution < 1.29 is 8.98 Å². The molecule has 2 unspecified atom stereocenters. The fourth-order valence-electron chi connectivity index (χ4n) is 5.82. The van der Waals surface area contributed by atoms with Crippen LogP contribution in [0.2, 0.25) is 0 Å². The maximum Gasteiger partial charge on any atom is 0.223 e. The maximum absolute atomic E-state index is 6.47. The van der Waals surface area contributed by atoms with Crippen LogP contribution in [0.1, 0.15) is 29.2 Å². The minimum absolute atomic E-state index is 0.0930. The van der Waals surface area contributed by atoms with E-state index in [0.29, 0.717) is 0 Å². The number of benzene rings is 2. The zero-order chi connectivity index (χ0) is 23.5. The van der Waals surface area contributed by atoms with E-state index in [1.807, 2.05) is 36.5 Å². The van der Waals surface area contributed by atoms with Crippen LogP contribution in [0.5, 0.6) is 0 Å². The zero-order valence-corrected chi connectivity index (χ0v) is 19.3. The fraction of sp³-hybridized carbons (Fsp3) is 0.129. The first kappa shape index (κ1) is 20.1. The second-order valence-electron chi connectivity index (χ2n) is 9.26. The van der Waals surface area contributed by atoms with E-state index in [9.17, 15) is 0 Å². The third-order valence-electron chi connectivity index (χ3n) is 7.45. The third kappa shape index (κ3) is 2.89. The molecule has 35 heavy (non-hydrogen) atoms. The molecule has 3 aromatic heterocycles. The summed E-state index contributed by atoms with van der Waals surface area (Å²) in [7, 11) is 0. The third-order valence-corrected chi connectivity index (χ3v) is 7.45. The Balaban J connectivity index is 1.52. The summed E-state index contributed by atoms with van der Waals surface area (Å²) in [6.07, 6.45) is 7.64. The van der Waals surface area contributed by atoms with Crippen LogP contribution in [-0.2, 0) is 6.42 Å². The van der Waals surface area contributed by atoms with Gasteiger partial charge in [-0.1, -0.05) is 49.0 Å². The van der Waals surface area contributed by atoms with Gasteiger partial charge in [0.1, 0.15) is 17.2 Å². The van der Waals surface area contributed by atoms with Crippen LogP contribution in [0.3, 0.4) is 0 Å². The average molecular weight is 455 g/mol. The quantitative estimate of drug-likeness (QED) is 0.272. The van der Waals surface area contributed by atoms with Gasteiger partial charge >= 0.3 is 0 Å². The van der Waals surface area contributed by atoms with Gasteiger partial charge in [0.25, 0.3) is 0 Å². The lowest BCUT2D eigenvalue weighted by Crippen LogP contribution is -2.42. The molecule has 0 fully saturated rings. The van der Waals surface area contributed by atoms with E-state index >= 15 is 0 Å². The van der Waals surface area contributed by atoms with Gasteiger partial charge in [-0.05, 0) is 43.2 Å². The second-order valence-corrected chi connectivity index (χ2v) is 9.26. The lowest BCUT2D eigenvalue weighted by atomic mass is 9.80. The molecule has 0 N–H and O–H groups in total. The molecule has 168 valence electrons. The highest BCUT2D eigenvalue weighted by Crippen LogP contribution is 2.42. The molecule has 2 aliphatic rings. The van der Waals surface area contributed by atoms with Crippen LogP contribution in [-0.4, -0.2) is 16.7 Å². The summed E-state index contributed by atoms with van der Waals surface area (Å²) in [6, 6.07) is 22.9. The molecule has 5 heterocycles. The highest BCUT2D eigenvalue weighted by Gasteiger charge is 2.39. The van der Waals surface area contributed by atoms with Gasteiger partial charge in [0.2, 0.25) is 11.4 Å². The number of nitrogens with zero attached hydrogens (tertiary/aromatic N) is 3. The van der Waals surface area contributed by atoms with Gasteiger partial charge in [-0.15, -0.1) is 0 Å². The molecular formula is C31H24N3O+. The molecule has 2 aliphatic heterocycles. The molecule has 2 aromatic carbocycles. The van der Waals surface area contributed by atoms with Crippen molar-refractivity contribution in [1.29, 1.82) is 0 Å². The second kappa shape index (κ2) is 7.60. The normalized spacial score (nSPS) is 19.0. The summed E-state index contributed by atoms with van der Waals surface area (Å²) < 4.78 is 8.64. The molecule has 0 spiro atoms. The van der Waals surface area contributed by atoms with Crippen molar-refractivity contribution in [1.82, 2.24) is 4.98 Å². The molecule has 0 bridgehead atoms. The van der Waals surface area contributed by atoms with Gasteiger partial charge < -0.3 is 4.42 Å². The van der Waals surface area contributed by atoms with Gasteiger partial charge in [0, 0.05) is 40.6 Å². The number of allylic oxidation sites excluding steroid dienone is 1. The van der Waals surface area contributed by atoms with E-state index in [1.165, 1.54) is 5.56 Å². The summed E-state index contributed by atoms with van der Waals surface area (Å²) in [6.45, 7) is 8.64. The first-order chi connectivity index (χ1) is 17.2. The summed E-state index contributed by atoms with van der Waals surface area (Å²) in [5.41, 5.74) is 9.20. The Bertz CT molecular complexity index is 1710. The van der Waals surface area contributed by atoms with Crippen molar-refractivity contribution in [2.75, 3.05) is 0 Å². The number of aromatic nitrogens is 2. The van der Waals surface area contributed by atoms with E-state index in [4.69, 9.17) is 14.4 Å². The Hall–Kier alpha value is -4.31. The first-order valence-corrected chi connectivity index (χ1v) is 12.0. The topological polar surface area (TPSA) is 42.3 Å². The molecule has 0 saturated heterocycles. The maximum atomic E-state index is 6.47. The number of furan rings is 1. The minimum atomic E-state index is -0.0930. The highest BCUT2D eigenvalue weighted by atomic mass is 16.3. The van der Waals surface area contributed by atoms with Crippen molar-refractivity contribution in [3.05, 3.63) is 115 Å². The number of hydrogen-bond donors (Lipinski definition) is 0. The fourth-order valence-corrected chi connectivity index (χ4v) is 5.82. The van der Waals surface area contributed by atoms with Gasteiger partial charge in [-0.2, -0.15) is 4.57 Å². The van der Waals surface area contributed by atoms with Crippen LogP contribution >= 0.6 is 0 Å². The predicted molar refractivity (Wildman–Crippen MR) is 141 cm³/mol. The van der Waals surface area contributed by atoms with Crippen LogP contribution in [0.4, 0.5) is 0 Å². The van der Waals surface area contributed by atoms with Crippen molar-refractivity contribution in [3.63, 3.8) is 0 Å². The van der Waals surface area contributed by atoms with Crippen molar-refractivity contribution >= 4 is 33.3 Å². The van der Waals surface area contributed by atoms with Crippen LogP contribution in [0, 0.1) is 0 Å². The van der Waals surface area contributed by atoms with Crippen molar-refractivity contribution in [2.24, 2.45) is 4.99 Å². The van der Waals surface area contributed by atoms with Crippen LogP contribution < -0.4 is 4.57 Å². The predicted octanol–water partition coefficient (Wildman–Crippen LogP) is 6.49. The Labute approximate surface area is 203 Å². The Morgan fingerprint density at radius 1 is 0.971 bits per heavy atom. The van der Waals surface area contributed by atoms with E-state index in [-0.39, 0.29) is 12.0 Å². The van der Waals surface area contributed by atoms with E-state index in [1.54, 1.807) is 0 Å². The number of aliphatic imine (C=N–C) groups is 1. The molecule has 0 saturated carbocycles. The largest absolute Gasteiger partial charge is 0.455 e. The lowest BCUT2D eigenvalue weighted by molar-refractivity contribution is -0.572. The molecule has 4 nitrogen and oxygen atoms in total. The number of pyridine rings is 2. The monoisotopic (exact) mass is 454 g/mol. The standard InChI is InChI=1S/C31H24N3O/c1-3-25-21-11-5-4-10-20(21)23-15-16-26-29(27-13-8-9-17-34(27)19(2)30(23)33-25)31-24(18-32-26)22-12-6-7-14-28(22)35-31/h3-14,17-18,23,30H,1-2,15-16H2/q+1. The zero-order valence-electron chi connectivity index (χ0n) is 19.3. The number of rotatable bonds is 1. The molecular weight excluding hydrogens is 430 g/mol. The molecule has 2 atom stereocenters. The molecule has 4 heteroatoms. The Morgan fingerprint density at radius 2 is 1.80 bits per heavy atom. The van der Waals surface area contributed by atoms with Crippen LogP contribution in [0.25, 0.3) is 38.9 Å². The summed E-state index contributed by atoms with van der Waals surface area (Å²) >= 11 is 0. The van der Waals surface area contributed by atoms with E-state index in [2.05, 4.69) is 66.4 Å². The van der Waals surface area contributed by atoms with Crippen molar-refractivity contribution in [3.8, 4) is 11.3 Å². The van der Waals surface area contributed by atoms with Gasteiger partial charge in [0.05, 0.1) is 11.4 Å². The molecule has 0 amide bonds. The number of hydrogen-bond acceptors (Lipinski definition) is 3. The first-order valence-electron chi connectivity index (χ1n) is 12.0. The smallest absolute Gasteiger partial charge is 0.223 e. The highest BCUT2D eigenvalue weighted by molar-refractivity contribution is 6.11. The Kier molecular flexibility index (Phi) is 4.37. The molecule has 0 radical (unpaired) electrons.